The minimum atomic E-state index is 0.186. The molecule has 2 heterocycles. The second-order valence-corrected chi connectivity index (χ2v) is 5.99. The normalized spacial score (nSPS) is 26.2. The van der Waals surface area contributed by atoms with E-state index in [4.69, 9.17) is 10.5 Å². The molecule has 0 bridgehead atoms. The molecule has 1 aliphatic rings. The average Bonchev–Trinajstić information content (AvgIpc) is 2.68. The first kappa shape index (κ1) is 13.9. The molecule has 4 nitrogen and oxygen atoms in total. The number of aryl methyl sites for hydroxylation is 1. The molecular weight excluding hydrogens is 246 g/mol. The molecule has 1 aromatic heterocycles. The molecule has 0 aliphatic carbocycles. The summed E-state index contributed by atoms with van der Waals surface area (Å²) in [6.07, 6.45) is 3.52. The summed E-state index contributed by atoms with van der Waals surface area (Å²) < 4.78 is 5.21. The molecule has 1 aliphatic heterocycles. The Morgan fingerprint density at radius 2 is 2.39 bits per heavy atom. The molecule has 0 spiro atoms. The molecule has 1 fully saturated rings. The maximum absolute atomic E-state index is 6.36. The van der Waals surface area contributed by atoms with Crippen molar-refractivity contribution in [3.63, 3.8) is 0 Å². The van der Waals surface area contributed by atoms with E-state index in [1.165, 1.54) is 12.8 Å². The summed E-state index contributed by atoms with van der Waals surface area (Å²) in [5.74, 6) is 0. The summed E-state index contributed by atoms with van der Waals surface area (Å²) in [6.45, 7) is 4.84. The SMILES string of the molecule is COCCN1CCCCC(N)C1c1csc(C)n1. The lowest BCUT2D eigenvalue weighted by Gasteiger charge is -2.32. The Labute approximate surface area is 113 Å². The summed E-state index contributed by atoms with van der Waals surface area (Å²) in [6, 6.07) is 0.443. The van der Waals surface area contributed by atoms with Crippen LogP contribution >= 0.6 is 11.3 Å². The second-order valence-electron chi connectivity index (χ2n) is 4.92. The predicted octanol–water partition coefficient (Wildman–Crippen LogP) is 1.95. The van der Waals surface area contributed by atoms with E-state index in [0.29, 0.717) is 0 Å². The van der Waals surface area contributed by atoms with Crippen LogP contribution in [-0.2, 0) is 4.74 Å². The zero-order valence-corrected chi connectivity index (χ0v) is 12.1. The van der Waals surface area contributed by atoms with Crippen LogP contribution in [-0.4, -0.2) is 42.7 Å². The predicted molar refractivity (Wildman–Crippen MR) is 74.9 cm³/mol. The zero-order valence-electron chi connectivity index (χ0n) is 11.3. The smallest absolute Gasteiger partial charge is 0.0898 e. The number of likely N-dealkylation sites (tertiary alicyclic amines) is 1. The van der Waals surface area contributed by atoms with Gasteiger partial charge in [-0.15, -0.1) is 11.3 Å². The summed E-state index contributed by atoms with van der Waals surface area (Å²) in [5, 5.41) is 3.28. The first-order valence-corrected chi connectivity index (χ1v) is 7.51. The third-order valence-electron chi connectivity index (χ3n) is 3.55. The lowest BCUT2D eigenvalue weighted by molar-refractivity contribution is 0.113. The van der Waals surface area contributed by atoms with Gasteiger partial charge in [0.15, 0.2) is 0 Å². The van der Waals surface area contributed by atoms with E-state index in [0.717, 1.165) is 36.8 Å². The Morgan fingerprint density at radius 1 is 1.56 bits per heavy atom. The Kier molecular flexibility index (Phi) is 5.12. The monoisotopic (exact) mass is 269 g/mol. The van der Waals surface area contributed by atoms with Crippen LogP contribution in [0.4, 0.5) is 0 Å². The highest BCUT2D eigenvalue weighted by atomic mass is 32.1. The largest absolute Gasteiger partial charge is 0.383 e. The van der Waals surface area contributed by atoms with Crippen LogP contribution < -0.4 is 5.73 Å². The van der Waals surface area contributed by atoms with Gasteiger partial charge in [0.1, 0.15) is 0 Å². The van der Waals surface area contributed by atoms with Crippen molar-refractivity contribution in [1.29, 1.82) is 0 Å². The molecule has 5 heteroatoms. The third kappa shape index (κ3) is 3.29. The van der Waals surface area contributed by atoms with Gasteiger partial charge in [-0.25, -0.2) is 4.98 Å². The number of nitrogens with zero attached hydrogens (tertiary/aromatic N) is 2. The molecule has 1 aromatic rings. The Balaban J connectivity index is 2.17. The van der Waals surface area contributed by atoms with Crippen molar-refractivity contribution in [3.8, 4) is 0 Å². The Morgan fingerprint density at radius 3 is 3.06 bits per heavy atom. The van der Waals surface area contributed by atoms with Gasteiger partial charge in [0.25, 0.3) is 0 Å². The average molecular weight is 269 g/mol. The van der Waals surface area contributed by atoms with Crippen LogP contribution in [0.3, 0.4) is 0 Å². The summed E-state index contributed by atoms with van der Waals surface area (Å²) in [7, 11) is 1.75. The van der Waals surface area contributed by atoms with Gasteiger partial charge >= 0.3 is 0 Å². The van der Waals surface area contributed by atoms with Crippen LogP contribution in [0.25, 0.3) is 0 Å². The van der Waals surface area contributed by atoms with Gasteiger partial charge in [0.2, 0.25) is 0 Å². The van der Waals surface area contributed by atoms with Crippen LogP contribution in [0.2, 0.25) is 0 Å². The summed E-state index contributed by atoms with van der Waals surface area (Å²) in [5.41, 5.74) is 7.51. The third-order valence-corrected chi connectivity index (χ3v) is 4.35. The van der Waals surface area contributed by atoms with Crippen molar-refractivity contribution < 1.29 is 4.74 Å². The van der Waals surface area contributed by atoms with Crippen molar-refractivity contribution in [2.45, 2.75) is 38.3 Å². The highest BCUT2D eigenvalue weighted by molar-refractivity contribution is 7.09. The topological polar surface area (TPSA) is 51.4 Å². The molecule has 0 saturated carbocycles. The fourth-order valence-corrected chi connectivity index (χ4v) is 3.29. The Bertz CT molecular complexity index is 369. The van der Waals surface area contributed by atoms with E-state index in [9.17, 15) is 0 Å². The molecule has 0 aromatic carbocycles. The first-order chi connectivity index (χ1) is 8.72. The number of ether oxygens (including phenoxy) is 1. The lowest BCUT2D eigenvalue weighted by Crippen LogP contribution is -2.41. The molecule has 0 radical (unpaired) electrons. The summed E-state index contributed by atoms with van der Waals surface area (Å²) >= 11 is 1.71. The molecule has 18 heavy (non-hydrogen) atoms. The zero-order chi connectivity index (χ0) is 13.0. The molecule has 1 saturated heterocycles. The standard InChI is InChI=1S/C13H23N3OS/c1-10-15-12(9-18-10)13-11(14)5-3-4-6-16(13)7-8-17-2/h9,11,13H,3-8,14H2,1-2H3. The molecule has 2 rings (SSSR count). The van der Waals surface area contributed by atoms with E-state index in [-0.39, 0.29) is 12.1 Å². The van der Waals surface area contributed by atoms with Crippen molar-refractivity contribution in [2.24, 2.45) is 5.73 Å². The fourth-order valence-electron chi connectivity index (χ4n) is 2.64. The molecule has 2 unspecified atom stereocenters. The van der Waals surface area contributed by atoms with Crippen molar-refractivity contribution >= 4 is 11.3 Å². The molecule has 0 amide bonds. The molecule has 102 valence electrons. The van der Waals surface area contributed by atoms with E-state index in [1.807, 2.05) is 0 Å². The van der Waals surface area contributed by atoms with Gasteiger partial charge < -0.3 is 10.5 Å². The molecule has 2 atom stereocenters. The Hall–Kier alpha value is -0.490. The fraction of sp³-hybridized carbons (Fsp3) is 0.769. The quantitative estimate of drug-likeness (QED) is 0.908. The van der Waals surface area contributed by atoms with Crippen LogP contribution in [0, 0.1) is 6.92 Å². The lowest BCUT2D eigenvalue weighted by atomic mass is 10.0. The molecular formula is C13H23N3OS. The number of nitrogens with two attached hydrogens (primary N) is 1. The van der Waals surface area contributed by atoms with Crippen LogP contribution in [0.1, 0.15) is 36.0 Å². The minimum Gasteiger partial charge on any atom is -0.383 e. The van der Waals surface area contributed by atoms with E-state index in [2.05, 4.69) is 22.2 Å². The van der Waals surface area contributed by atoms with E-state index < -0.39 is 0 Å². The van der Waals surface area contributed by atoms with E-state index >= 15 is 0 Å². The number of hydrogen-bond acceptors (Lipinski definition) is 5. The van der Waals surface area contributed by atoms with Gasteiger partial charge in [-0.3, -0.25) is 4.90 Å². The van der Waals surface area contributed by atoms with Crippen LogP contribution in [0.5, 0.6) is 0 Å². The number of rotatable bonds is 4. The first-order valence-electron chi connectivity index (χ1n) is 6.63. The highest BCUT2D eigenvalue weighted by Crippen LogP contribution is 2.29. The van der Waals surface area contributed by atoms with Crippen molar-refractivity contribution in [1.82, 2.24) is 9.88 Å². The van der Waals surface area contributed by atoms with Gasteiger partial charge in [-0.2, -0.15) is 0 Å². The number of methoxy groups -OCH3 is 1. The van der Waals surface area contributed by atoms with Crippen molar-refractivity contribution in [3.05, 3.63) is 16.1 Å². The van der Waals surface area contributed by atoms with Gasteiger partial charge in [-0.05, 0) is 26.3 Å². The van der Waals surface area contributed by atoms with Gasteiger partial charge in [0, 0.05) is 25.1 Å². The minimum absolute atomic E-state index is 0.186. The summed E-state index contributed by atoms with van der Waals surface area (Å²) in [4.78, 5) is 7.08. The maximum atomic E-state index is 6.36. The second kappa shape index (κ2) is 6.61. The van der Waals surface area contributed by atoms with Gasteiger partial charge in [0.05, 0.1) is 23.4 Å². The van der Waals surface area contributed by atoms with Gasteiger partial charge in [-0.1, -0.05) is 6.42 Å². The van der Waals surface area contributed by atoms with E-state index in [1.54, 1.807) is 18.4 Å². The number of hydrogen-bond donors (Lipinski definition) is 1. The maximum Gasteiger partial charge on any atom is 0.0898 e. The number of thiazole rings is 1. The number of aromatic nitrogens is 1. The molecule has 2 N–H and O–H groups in total. The van der Waals surface area contributed by atoms with Crippen molar-refractivity contribution in [2.75, 3.05) is 26.8 Å². The highest BCUT2D eigenvalue weighted by Gasteiger charge is 2.30. The van der Waals surface area contributed by atoms with Crippen LogP contribution in [0.15, 0.2) is 5.38 Å².